The second kappa shape index (κ2) is 7.76. The minimum absolute atomic E-state index is 0.0866. The number of carbonyl (C=O) groups is 2. The third-order valence-corrected chi connectivity index (χ3v) is 4.93. The molecule has 28 heavy (non-hydrogen) atoms. The Balaban J connectivity index is 1.36. The Morgan fingerprint density at radius 3 is 2.68 bits per heavy atom. The SMILES string of the molecule is CN(Cc1ccc2c(c1)OCO2)C(=O)/C=C/c1ccc(N2CCCC2=O)cc1. The second-order valence-electron chi connectivity index (χ2n) is 6.96. The molecule has 2 aliphatic rings. The molecule has 0 aromatic heterocycles. The summed E-state index contributed by atoms with van der Waals surface area (Å²) in [6.07, 6.45) is 4.87. The molecule has 4 rings (SSSR count). The van der Waals surface area contributed by atoms with Gasteiger partial charge in [-0.2, -0.15) is 0 Å². The Labute approximate surface area is 164 Å². The first-order valence-corrected chi connectivity index (χ1v) is 9.32. The van der Waals surface area contributed by atoms with E-state index in [-0.39, 0.29) is 18.6 Å². The van der Waals surface area contributed by atoms with Crippen molar-refractivity contribution in [2.75, 3.05) is 25.3 Å². The van der Waals surface area contributed by atoms with Gasteiger partial charge in [0, 0.05) is 38.3 Å². The van der Waals surface area contributed by atoms with E-state index in [0.717, 1.165) is 35.5 Å². The summed E-state index contributed by atoms with van der Waals surface area (Å²) in [4.78, 5) is 27.7. The lowest BCUT2D eigenvalue weighted by Gasteiger charge is -2.16. The molecule has 2 heterocycles. The first-order chi connectivity index (χ1) is 13.6. The third-order valence-electron chi connectivity index (χ3n) is 4.93. The van der Waals surface area contributed by atoms with Crippen molar-refractivity contribution in [2.45, 2.75) is 19.4 Å². The fourth-order valence-electron chi connectivity index (χ4n) is 3.37. The van der Waals surface area contributed by atoms with Gasteiger partial charge in [0.25, 0.3) is 0 Å². The van der Waals surface area contributed by atoms with Crippen LogP contribution in [0.15, 0.2) is 48.5 Å². The fourth-order valence-corrected chi connectivity index (χ4v) is 3.37. The van der Waals surface area contributed by atoms with Gasteiger partial charge in [-0.1, -0.05) is 18.2 Å². The van der Waals surface area contributed by atoms with Crippen molar-refractivity contribution in [1.29, 1.82) is 0 Å². The molecule has 2 aromatic rings. The highest BCUT2D eigenvalue weighted by atomic mass is 16.7. The number of rotatable bonds is 5. The molecule has 0 saturated carbocycles. The summed E-state index contributed by atoms with van der Waals surface area (Å²) in [5.41, 5.74) is 2.80. The van der Waals surface area contributed by atoms with Gasteiger partial charge >= 0.3 is 0 Å². The topological polar surface area (TPSA) is 59.1 Å². The van der Waals surface area contributed by atoms with Crippen LogP contribution in [-0.2, 0) is 16.1 Å². The molecule has 0 atom stereocenters. The maximum atomic E-state index is 12.4. The Bertz CT molecular complexity index is 921. The average Bonchev–Trinajstić information content (AvgIpc) is 3.34. The number of ether oxygens (including phenoxy) is 2. The first-order valence-electron chi connectivity index (χ1n) is 9.32. The molecule has 2 amide bonds. The van der Waals surface area contributed by atoms with Gasteiger partial charge in [-0.25, -0.2) is 0 Å². The number of benzene rings is 2. The number of likely N-dealkylation sites (N-methyl/N-ethyl adjacent to an activating group) is 1. The standard InChI is InChI=1S/C22H22N2O4/c1-23(14-17-6-10-19-20(13-17)28-15-27-19)21(25)11-7-16-4-8-18(9-5-16)24-12-2-3-22(24)26/h4-11,13H,2-3,12,14-15H2,1H3/b11-7+. The summed E-state index contributed by atoms with van der Waals surface area (Å²) in [5.74, 6) is 1.53. The Morgan fingerprint density at radius 2 is 1.93 bits per heavy atom. The predicted molar refractivity (Wildman–Crippen MR) is 106 cm³/mol. The highest BCUT2D eigenvalue weighted by Crippen LogP contribution is 2.32. The molecule has 1 saturated heterocycles. The van der Waals surface area contributed by atoms with Crippen molar-refractivity contribution in [3.8, 4) is 11.5 Å². The van der Waals surface area contributed by atoms with Gasteiger partial charge in [0.15, 0.2) is 11.5 Å². The molecule has 6 heteroatoms. The first kappa shape index (κ1) is 18.1. The maximum Gasteiger partial charge on any atom is 0.246 e. The van der Waals surface area contributed by atoms with E-state index >= 15 is 0 Å². The lowest BCUT2D eigenvalue weighted by atomic mass is 10.1. The molecule has 0 bridgehead atoms. The number of carbonyl (C=O) groups excluding carboxylic acids is 2. The van der Waals surface area contributed by atoms with Gasteiger partial charge < -0.3 is 19.3 Å². The van der Waals surface area contributed by atoms with Gasteiger partial charge in [-0.05, 0) is 47.9 Å². The predicted octanol–water partition coefficient (Wildman–Crippen LogP) is 3.21. The number of amides is 2. The van der Waals surface area contributed by atoms with E-state index in [2.05, 4.69) is 0 Å². The van der Waals surface area contributed by atoms with Crippen molar-refractivity contribution < 1.29 is 19.1 Å². The largest absolute Gasteiger partial charge is 0.454 e. The van der Waals surface area contributed by atoms with E-state index in [1.54, 1.807) is 29.0 Å². The number of fused-ring (bicyclic) bond motifs is 1. The number of hydrogen-bond acceptors (Lipinski definition) is 4. The van der Waals surface area contributed by atoms with Crippen LogP contribution in [0.4, 0.5) is 5.69 Å². The zero-order valence-electron chi connectivity index (χ0n) is 15.8. The fraction of sp³-hybridized carbons (Fsp3) is 0.273. The quantitative estimate of drug-likeness (QED) is 0.750. The summed E-state index contributed by atoms with van der Waals surface area (Å²) in [7, 11) is 1.76. The van der Waals surface area contributed by atoms with Crippen LogP contribution in [0.5, 0.6) is 11.5 Å². The van der Waals surface area contributed by atoms with Crippen LogP contribution in [0.1, 0.15) is 24.0 Å². The van der Waals surface area contributed by atoms with E-state index in [1.807, 2.05) is 42.5 Å². The molecule has 0 aliphatic carbocycles. The number of anilines is 1. The van der Waals surface area contributed by atoms with Crippen LogP contribution in [0, 0.1) is 0 Å². The lowest BCUT2D eigenvalue weighted by molar-refractivity contribution is -0.125. The van der Waals surface area contributed by atoms with E-state index in [1.165, 1.54) is 0 Å². The highest BCUT2D eigenvalue weighted by molar-refractivity contribution is 5.95. The number of nitrogens with zero attached hydrogens (tertiary/aromatic N) is 2. The summed E-state index contributed by atoms with van der Waals surface area (Å²) in [6, 6.07) is 13.4. The summed E-state index contributed by atoms with van der Waals surface area (Å²) in [5, 5.41) is 0. The second-order valence-corrected chi connectivity index (χ2v) is 6.96. The third kappa shape index (κ3) is 3.86. The molecule has 1 fully saturated rings. The van der Waals surface area contributed by atoms with Crippen LogP contribution in [0.3, 0.4) is 0 Å². The van der Waals surface area contributed by atoms with Crippen LogP contribution < -0.4 is 14.4 Å². The van der Waals surface area contributed by atoms with Gasteiger partial charge in [-0.3, -0.25) is 9.59 Å². The van der Waals surface area contributed by atoms with Crippen LogP contribution in [-0.4, -0.2) is 37.1 Å². The van der Waals surface area contributed by atoms with E-state index in [4.69, 9.17) is 9.47 Å². The van der Waals surface area contributed by atoms with Gasteiger partial charge in [0.2, 0.25) is 18.6 Å². The molecule has 0 N–H and O–H groups in total. The molecule has 144 valence electrons. The highest BCUT2D eigenvalue weighted by Gasteiger charge is 2.21. The van der Waals surface area contributed by atoms with Crippen molar-refractivity contribution in [3.05, 3.63) is 59.7 Å². The Hall–Kier alpha value is -3.28. The molecular formula is C22H22N2O4. The zero-order valence-corrected chi connectivity index (χ0v) is 15.8. The smallest absolute Gasteiger partial charge is 0.246 e. The average molecular weight is 378 g/mol. The molecule has 0 spiro atoms. The Kier molecular flexibility index (Phi) is 5.02. The maximum absolute atomic E-state index is 12.4. The van der Waals surface area contributed by atoms with E-state index < -0.39 is 0 Å². The number of hydrogen-bond donors (Lipinski definition) is 0. The zero-order chi connectivity index (χ0) is 19.5. The van der Waals surface area contributed by atoms with Gasteiger partial charge in [-0.15, -0.1) is 0 Å². The molecule has 6 nitrogen and oxygen atoms in total. The molecule has 2 aromatic carbocycles. The van der Waals surface area contributed by atoms with Crippen LogP contribution in [0.25, 0.3) is 6.08 Å². The monoisotopic (exact) mass is 378 g/mol. The van der Waals surface area contributed by atoms with Gasteiger partial charge in [0.05, 0.1) is 0 Å². The summed E-state index contributed by atoms with van der Waals surface area (Å²) in [6.45, 7) is 1.49. The minimum atomic E-state index is -0.0866. The Morgan fingerprint density at radius 1 is 1.14 bits per heavy atom. The van der Waals surface area contributed by atoms with Crippen LogP contribution >= 0.6 is 0 Å². The van der Waals surface area contributed by atoms with Crippen molar-refractivity contribution in [3.63, 3.8) is 0 Å². The minimum Gasteiger partial charge on any atom is -0.454 e. The van der Waals surface area contributed by atoms with Crippen molar-refractivity contribution in [1.82, 2.24) is 4.90 Å². The molecular weight excluding hydrogens is 356 g/mol. The molecule has 0 unspecified atom stereocenters. The van der Waals surface area contributed by atoms with E-state index in [0.29, 0.717) is 18.7 Å². The molecule has 2 aliphatic heterocycles. The summed E-state index contributed by atoms with van der Waals surface area (Å²) >= 11 is 0. The van der Waals surface area contributed by atoms with Crippen molar-refractivity contribution >= 4 is 23.6 Å². The normalized spacial score (nSPS) is 15.5. The van der Waals surface area contributed by atoms with E-state index in [9.17, 15) is 9.59 Å². The van der Waals surface area contributed by atoms with Gasteiger partial charge in [0.1, 0.15) is 0 Å². The summed E-state index contributed by atoms with van der Waals surface area (Å²) < 4.78 is 10.7. The van der Waals surface area contributed by atoms with Crippen LogP contribution in [0.2, 0.25) is 0 Å². The molecule has 0 radical (unpaired) electrons. The lowest BCUT2D eigenvalue weighted by Crippen LogP contribution is -2.24. The van der Waals surface area contributed by atoms with Crippen molar-refractivity contribution in [2.24, 2.45) is 0 Å².